The molecule has 1 amide bonds. The minimum absolute atomic E-state index is 0.115. The summed E-state index contributed by atoms with van der Waals surface area (Å²) in [6, 6.07) is 7.23. The topological polar surface area (TPSA) is 83.6 Å². The predicted octanol–water partition coefficient (Wildman–Crippen LogP) is 1.68. The van der Waals surface area contributed by atoms with Crippen molar-refractivity contribution in [1.82, 2.24) is 20.6 Å². The van der Waals surface area contributed by atoms with E-state index in [1.165, 1.54) is 0 Å². The molecule has 0 aliphatic carbocycles. The third kappa shape index (κ3) is 2.84. The van der Waals surface area contributed by atoms with Crippen molar-refractivity contribution in [2.24, 2.45) is 5.92 Å². The lowest BCUT2D eigenvalue weighted by Gasteiger charge is -2.09. The number of rotatable bonds is 4. The number of nitrogens with zero attached hydrogens (tertiary/aromatic N) is 3. The maximum atomic E-state index is 11.7. The first-order valence-electron chi connectivity index (χ1n) is 5.41. The van der Waals surface area contributed by atoms with Crippen molar-refractivity contribution < 1.29 is 4.79 Å². The van der Waals surface area contributed by atoms with E-state index in [0.29, 0.717) is 11.5 Å². The molecular weight excluding hydrogens is 254 g/mol. The van der Waals surface area contributed by atoms with E-state index < -0.39 is 0 Å². The van der Waals surface area contributed by atoms with Gasteiger partial charge in [0.05, 0.1) is 0 Å². The number of hydrogen-bond donors (Lipinski definition) is 2. The van der Waals surface area contributed by atoms with Gasteiger partial charge in [-0.15, -0.1) is 21.8 Å². The second kappa shape index (κ2) is 5.59. The molecule has 0 aliphatic heterocycles. The van der Waals surface area contributed by atoms with Gasteiger partial charge in [-0.25, -0.2) is 0 Å². The van der Waals surface area contributed by atoms with Gasteiger partial charge in [-0.3, -0.25) is 4.79 Å². The Kier molecular flexibility index (Phi) is 3.88. The number of tetrazole rings is 1. The van der Waals surface area contributed by atoms with Crippen molar-refractivity contribution in [1.29, 1.82) is 0 Å². The lowest BCUT2D eigenvalue weighted by Crippen LogP contribution is -2.21. The summed E-state index contributed by atoms with van der Waals surface area (Å²) >= 11 is 5.63. The largest absolute Gasteiger partial charge is 0.326 e. The number of benzene rings is 1. The Bertz CT molecular complexity index is 528. The van der Waals surface area contributed by atoms with Crippen LogP contribution >= 0.6 is 11.6 Å². The fraction of sp³-hybridized carbons (Fsp3) is 0.273. The molecule has 2 rings (SSSR count). The molecule has 1 atom stereocenters. The number of hydrogen-bond acceptors (Lipinski definition) is 4. The summed E-state index contributed by atoms with van der Waals surface area (Å²) in [7, 11) is 0. The van der Waals surface area contributed by atoms with Gasteiger partial charge in [0.1, 0.15) is 0 Å². The fourth-order valence-corrected chi connectivity index (χ4v) is 1.50. The zero-order valence-corrected chi connectivity index (χ0v) is 10.5. The quantitative estimate of drug-likeness (QED) is 0.824. The molecule has 1 unspecified atom stereocenters. The first kappa shape index (κ1) is 12.5. The summed E-state index contributed by atoms with van der Waals surface area (Å²) in [4.78, 5) is 11.7. The molecule has 1 aromatic heterocycles. The van der Waals surface area contributed by atoms with Crippen LogP contribution in [0.4, 0.5) is 5.69 Å². The van der Waals surface area contributed by atoms with Crippen LogP contribution in [0.15, 0.2) is 24.3 Å². The van der Waals surface area contributed by atoms with Crippen LogP contribution in [0.3, 0.4) is 0 Å². The van der Waals surface area contributed by atoms with Gasteiger partial charge in [-0.1, -0.05) is 19.1 Å². The number of amides is 1. The van der Waals surface area contributed by atoms with Crippen molar-refractivity contribution in [3.63, 3.8) is 0 Å². The fourth-order valence-electron chi connectivity index (χ4n) is 1.36. The van der Waals surface area contributed by atoms with Crippen LogP contribution < -0.4 is 5.32 Å². The molecule has 7 heteroatoms. The van der Waals surface area contributed by atoms with Crippen molar-refractivity contribution >= 4 is 23.2 Å². The van der Waals surface area contributed by atoms with Crippen molar-refractivity contribution in [2.75, 3.05) is 11.2 Å². The van der Waals surface area contributed by atoms with Crippen molar-refractivity contribution in [3.05, 3.63) is 24.3 Å². The van der Waals surface area contributed by atoms with E-state index in [0.717, 1.165) is 5.56 Å². The summed E-state index contributed by atoms with van der Waals surface area (Å²) in [6.07, 6.45) is 0. The monoisotopic (exact) mass is 265 g/mol. The van der Waals surface area contributed by atoms with Crippen LogP contribution in [-0.4, -0.2) is 32.4 Å². The molecule has 2 N–H and O–H groups in total. The normalized spacial score (nSPS) is 12.1. The van der Waals surface area contributed by atoms with Gasteiger partial charge in [-0.2, -0.15) is 5.21 Å². The molecule has 0 bridgehead atoms. The lowest BCUT2D eigenvalue weighted by molar-refractivity contribution is -0.118. The summed E-state index contributed by atoms with van der Waals surface area (Å²) in [6.45, 7) is 1.77. The second-order valence-electron chi connectivity index (χ2n) is 3.86. The average molecular weight is 266 g/mol. The number of H-pyrrole nitrogens is 1. The maximum absolute atomic E-state index is 11.7. The Balaban J connectivity index is 2.16. The number of nitrogens with one attached hydrogen (secondary N) is 2. The van der Waals surface area contributed by atoms with E-state index in [9.17, 15) is 4.79 Å². The minimum Gasteiger partial charge on any atom is -0.326 e. The molecule has 6 nitrogen and oxygen atoms in total. The van der Waals surface area contributed by atoms with E-state index >= 15 is 0 Å². The molecule has 18 heavy (non-hydrogen) atoms. The summed E-state index contributed by atoms with van der Waals surface area (Å²) in [5, 5.41) is 16.4. The van der Waals surface area contributed by atoms with Crippen LogP contribution in [0.2, 0.25) is 0 Å². The highest BCUT2D eigenvalue weighted by Gasteiger charge is 2.12. The number of aromatic amines is 1. The zero-order chi connectivity index (χ0) is 13.0. The molecule has 2 aromatic rings. The maximum Gasteiger partial charge on any atom is 0.228 e. The van der Waals surface area contributed by atoms with Crippen LogP contribution in [0.25, 0.3) is 11.4 Å². The average Bonchev–Trinajstić information content (AvgIpc) is 2.92. The molecule has 0 saturated heterocycles. The molecular formula is C11H12ClN5O. The van der Waals surface area contributed by atoms with Crippen LogP contribution in [-0.2, 0) is 4.79 Å². The van der Waals surface area contributed by atoms with Gasteiger partial charge < -0.3 is 5.32 Å². The standard InChI is InChI=1S/C11H12ClN5O/c1-7(6-12)11(18)13-9-4-2-3-8(5-9)10-14-16-17-15-10/h2-5,7H,6H2,1H3,(H,13,18)(H,14,15,16,17). The van der Waals surface area contributed by atoms with Crippen LogP contribution in [0.1, 0.15) is 6.92 Å². The minimum atomic E-state index is -0.236. The SMILES string of the molecule is CC(CCl)C(=O)Nc1cccc(-c2nn[nH]n2)c1. The molecule has 0 fully saturated rings. The molecule has 0 aliphatic rings. The van der Waals surface area contributed by atoms with Gasteiger partial charge >= 0.3 is 0 Å². The Labute approximate surface area is 109 Å². The summed E-state index contributed by atoms with van der Waals surface area (Å²) in [5.41, 5.74) is 1.46. The first-order valence-corrected chi connectivity index (χ1v) is 5.95. The van der Waals surface area contributed by atoms with Gasteiger partial charge in [0.25, 0.3) is 0 Å². The smallest absolute Gasteiger partial charge is 0.228 e. The highest BCUT2D eigenvalue weighted by molar-refractivity contribution is 6.19. The number of carbonyl (C=O) groups excluding carboxylic acids is 1. The number of anilines is 1. The number of aromatic nitrogens is 4. The molecule has 0 radical (unpaired) electrons. The molecule has 0 saturated carbocycles. The summed E-state index contributed by atoms with van der Waals surface area (Å²) in [5.74, 6) is 0.420. The van der Waals surface area contributed by atoms with E-state index in [1.54, 1.807) is 19.1 Å². The third-order valence-electron chi connectivity index (χ3n) is 2.41. The highest BCUT2D eigenvalue weighted by atomic mass is 35.5. The number of carbonyl (C=O) groups is 1. The van der Waals surface area contributed by atoms with E-state index in [4.69, 9.17) is 11.6 Å². The van der Waals surface area contributed by atoms with Crippen molar-refractivity contribution in [3.8, 4) is 11.4 Å². The van der Waals surface area contributed by atoms with Crippen molar-refractivity contribution in [2.45, 2.75) is 6.92 Å². The predicted molar refractivity (Wildman–Crippen MR) is 68.1 cm³/mol. The van der Waals surface area contributed by atoms with E-state index in [2.05, 4.69) is 25.9 Å². The Morgan fingerprint density at radius 1 is 1.56 bits per heavy atom. The third-order valence-corrected chi connectivity index (χ3v) is 2.88. The van der Waals surface area contributed by atoms with E-state index in [1.807, 2.05) is 12.1 Å². The van der Waals surface area contributed by atoms with E-state index in [-0.39, 0.29) is 17.7 Å². The second-order valence-corrected chi connectivity index (χ2v) is 4.17. The first-order chi connectivity index (χ1) is 8.70. The Hall–Kier alpha value is -1.95. The van der Waals surface area contributed by atoms with Crippen LogP contribution in [0.5, 0.6) is 0 Å². The molecule has 1 aromatic carbocycles. The highest BCUT2D eigenvalue weighted by Crippen LogP contribution is 2.18. The number of halogens is 1. The van der Waals surface area contributed by atoms with Gasteiger partial charge in [0.2, 0.25) is 11.7 Å². The molecule has 0 spiro atoms. The van der Waals surface area contributed by atoms with Crippen LogP contribution in [0, 0.1) is 5.92 Å². The van der Waals surface area contributed by atoms with Gasteiger partial charge in [0.15, 0.2) is 0 Å². The lowest BCUT2D eigenvalue weighted by atomic mass is 10.1. The molecule has 1 heterocycles. The Morgan fingerprint density at radius 3 is 3.06 bits per heavy atom. The number of alkyl halides is 1. The summed E-state index contributed by atoms with van der Waals surface area (Å²) < 4.78 is 0. The van der Waals surface area contributed by atoms with Gasteiger partial charge in [-0.05, 0) is 17.3 Å². The zero-order valence-electron chi connectivity index (χ0n) is 9.72. The van der Waals surface area contributed by atoms with Gasteiger partial charge in [0, 0.05) is 23.0 Å². The Morgan fingerprint density at radius 2 is 2.39 bits per heavy atom. The molecule has 94 valence electrons.